The second kappa shape index (κ2) is 8.22. The Labute approximate surface area is 131 Å². The summed E-state index contributed by atoms with van der Waals surface area (Å²) in [4.78, 5) is 14.2. The lowest BCUT2D eigenvalue weighted by Crippen LogP contribution is -2.46. The molecule has 118 valence electrons. The summed E-state index contributed by atoms with van der Waals surface area (Å²) in [6, 6.07) is 7.50. The van der Waals surface area contributed by atoms with Crippen molar-refractivity contribution >= 4 is 18.3 Å². The molecule has 0 spiro atoms. The maximum atomic E-state index is 12.3. The van der Waals surface area contributed by atoms with Crippen molar-refractivity contribution in [1.82, 2.24) is 4.90 Å². The number of ether oxygens (including phenoxy) is 2. The first-order valence-electron chi connectivity index (χ1n) is 6.83. The van der Waals surface area contributed by atoms with Gasteiger partial charge in [-0.15, -0.1) is 12.4 Å². The summed E-state index contributed by atoms with van der Waals surface area (Å²) >= 11 is 0. The third-order valence-electron chi connectivity index (χ3n) is 3.45. The van der Waals surface area contributed by atoms with Crippen molar-refractivity contribution < 1.29 is 14.3 Å². The second-order valence-corrected chi connectivity index (χ2v) is 5.11. The van der Waals surface area contributed by atoms with E-state index in [1.807, 2.05) is 29.2 Å². The molecule has 0 bridgehead atoms. The molecule has 1 saturated carbocycles. The molecule has 2 N–H and O–H groups in total. The van der Waals surface area contributed by atoms with Crippen molar-refractivity contribution in [2.75, 3.05) is 20.8 Å². The minimum atomic E-state index is -0.584. The molecule has 0 heterocycles. The second-order valence-electron chi connectivity index (χ2n) is 5.11. The number of hydrogen-bond acceptors (Lipinski definition) is 4. The molecule has 1 aliphatic carbocycles. The maximum absolute atomic E-state index is 12.3. The van der Waals surface area contributed by atoms with Crippen molar-refractivity contribution in [2.24, 2.45) is 5.73 Å². The number of benzene rings is 1. The fourth-order valence-corrected chi connectivity index (χ4v) is 2.16. The van der Waals surface area contributed by atoms with Gasteiger partial charge in [-0.05, 0) is 30.5 Å². The monoisotopic (exact) mass is 314 g/mol. The smallest absolute Gasteiger partial charge is 0.242 e. The summed E-state index contributed by atoms with van der Waals surface area (Å²) in [6.07, 6.45) is 2.11. The van der Waals surface area contributed by atoms with E-state index in [0.29, 0.717) is 12.6 Å². The van der Waals surface area contributed by atoms with Crippen LogP contribution >= 0.6 is 12.4 Å². The molecule has 2 rings (SSSR count). The number of nitrogens with two attached hydrogens (primary N) is 1. The SMILES string of the molecule is COCC(N)C(=O)N(Cc1ccc(OC)cc1)C1CC1.Cl. The zero-order chi connectivity index (χ0) is 14.5. The van der Waals surface area contributed by atoms with Crippen molar-refractivity contribution in [2.45, 2.75) is 31.5 Å². The molecular weight excluding hydrogens is 292 g/mol. The van der Waals surface area contributed by atoms with Crippen LogP contribution in [0.5, 0.6) is 5.75 Å². The lowest BCUT2D eigenvalue weighted by molar-refractivity contribution is -0.135. The first-order chi connectivity index (χ1) is 9.65. The van der Waals surface area contributed by atoms with E-state index in [0.717, 1.165) is 24.2 Å². The molecule has 1 aliphatic rings. The van der Waals surface area contributed by atoms with Gasteiger partial charge in [0.2, 0.25) is 5.91 Å². The number of nitrogens with zero attached hydrogens (tertiary/aromatic N) is 1. The van der Waals surface area contributed by atoms with Crippen LogP contribution in [0.15, 0.2) is 24.3 Å². The van der Waals surface area contributed by atoms with Crippen molar-refractivity contribution in [1.29, 1.82) is 0 Å². The lowest BCUT2D eigenvalue weighted by Gasteiger charge is -2.25. The number of carbonyl (C=O) groups excluding carboxylic acids is 1. The number of amides is 1. The van der Waals surface area contributed by atoms with E-state index < -0.39 is 6.04 Å². The standard InChI is InChI=1S/C15H22N2O3.ClH/c1-19-10-14(16)15(18)17(12-5-6-12)9-11-3-7-13(20-2)8-4-11;/h3-4,7-8,12,14H,5-6,9-10,16H2,1-2H3;1H. The zero-order valence-electron chi connectivity index (χ0n) is 12.5. The van der Waals surface area contributed by atoms with Gasteiger partial charge in [0.05, 0.1) is 13.7 Å². The van der Waals surface area contributed by atoms with Crippen LogP contribution < -0.4 is 10.5 Å². The molecule has 6 heteroatoms. The Morgan fingerprint density at radius 2 is 1.95 bits per heavy atom. The highest BCUT2D eigenvalue weighted by Gasteiger charge is 2.34. The van der Waals surface area contributed by atoms with Gasteiger partial charge in [0.1, 0.15) is 11.8 Å². The van der Waals surface area contributed by atoms with Gasteiger partial charge in [-0.25, -0.2) is 0 Å². The summed E-state index contributed by atoms with van der Waals surface area (Å²) in [5.74, 6) is 0.777. The molecular formula is C15H23ClN2O3. The molecule has 0 aliphatic heterocycles. The summed E-state index contributed by atoms with van der Waals surface area (Å²) in [6.45, 7) is 0.843. The third-order valence-corrected chi connectivity index (χ3v) is 3.45. The van der Waals surface area contributed by atoms with E-state index in [1.165, 1.54) is 0 Å². The molecule has 0 saturated heterocycles. The molecule has 0 aromatic heterocycles. The van der Waals surface area contributed by atoms with Crippen LogP contribution in [0.25, 0.3) is 0 Å². The number of rotatable bonds is 7. The van der Waals surface area contributed by atoms with E-state index >= 15 is 0 Å². The van der Waals surface area contributed by atoms with Gasteiger partial charge in [0.25, 0.3) is 0 Å². The molecule has 1 unspecified atom stereocenters. The van der Waals surface area contributed by atoms with Gasteiger partial charge in [-0.3, -0.25) is 4.79 Å². The highest BCUT2D eigenvalue weighted by Crippen LogP contribution is 2.29. The molecule has 21 heavy (non-hydrogen) atoms. The Kier molecular flexibility index (Phi) is 6.95. The summed E-state index contributed by atoms with van der Waals surface area (Å²) in [7, 11) is 3.19. The summed E-state index contributed by atoms with van der Waals surface area (Å²) < 4.78 is 10.1. The lowest BCUT2D eigenvalue weighted by atomic mass is 10.2. The van der Waals surface area contributed by atoms with Gasteiger partial charge in [0, 0.05) is 19.7 Å². The van der Waals surface area contributed by atoms with Crippen LogP contribution in [-0.2, 0) is 16.1 Å². The molecule has 0 radical (unpaired) electrons. The maximum Gasteiger partial charge on any atom is 0.242 e. The molecule has 5 nitrogen and oxygen atoms in total. The highest BCUT2D eigenvalue weighted by atomic mass is 35.5. The van der Waals surface area contributed by atoms with Gasteiger partial charge in [0.15, 0.2) is 0 Å². The van der Waals surface area contributed by atoms with Gasteiger partial charge >= 0.3 is 0 Å². The van der Waals surface area contributed by atoms with Crippen molar-refractivity contribution in [3.05, 3.63) is 29.8 Å². The molecule has 1 atom stereocenters. The van der Waals surface area contributed by atoms with Crippen LogP contribution in [0.1, 0.15) is 18.4 Å². The minimum Gasteiger partial charge on any atom is -0.497 e. The van der Waals surface area contributed by atoms with Gasteiger partial charge in [-0.2, -0.15) is 0 Å². The van der Waals surface area contributed by atoms with Crippen LogP contribution in [0.2, 0.25) is 0 Å². The Bertz CT molecular complexity index is 449. The quantitative estimate of drug-likeness (QED) is 0.830. The fraction of sp³-hybridized carbons (Fsp3) is 0.533. The average Bonchev–Trinajstić information content (AvgIpc) is 3.29. The topological polar surface area (TPSA) is 64.8 Å². The molecule has 1 aromatic carbocycles. The largest absolute Gasteiger partial charge is 0.497 e. The van der Waals surface area contributed by atoms with E-state index in [-0.39, 0.29) is 24.9 Å². The van der Waals surface area contributed by atoms with Gasteiger partial charge < -0.3 is 20.1 Å². The number of hydrogen-bond donors (Lipinski definition) is 1. The molecule has 1 fully saturated rings. The Hall–Kier alpha value is -1.30. The predicted octanol–water partition coefficient (Wildman–Crippen LogP) is 1.58. The van der Waals surface area contributed by atoms with E-state index in [4.69, 9.17) is 15.2 Å². The number of methoxy groups -OCH3 is 2. The highest BCUT2D eigenvalue weighted by molar-refractivity contribution is 5.85. The first-order valence-corrected chi connectivity index (χ1v) is 6.83. The molecule has 1 amide bonds. The van der Waals surface area contributed by atoms with E-state index in [2.05, 4.69) is 0 Å². The zero-order valence-corrected chi connectivity index (χ0v) is 13.3. The minimum absolute atomic E-state index is 0. The average molecular weight is 315 g/mol. The Morgan fingerprint density at radius 1 is 1.33 bits per heavy atom. The van der Waals surface area contributed by atoms with Crippen LogP contribution in [-0.4, -0.2) is 43.7 Å². The van der Waals surface area contributed by atoms with E-state index in [1.54, 1.807) is 14.2 Å². The third kappa shape index (κ3) is 4.88. The summed E-state index contributed by atoms with van der Waals surface area (Å²) in [5, 5.41) is 0. The van der Waals surface area contributed by atoms with Crippen LogP contribution in [0, 0.1) is 0 Å². The number of carbonyl (C=O) groups is 1. The number of halogens is 1. The Morgan fingerprint density at radius 3 is 2.43 bits per heavy atom. The van der Waals surface area contributed by atoms with Crippen molar-refractivity contribution in [3.63, 3.8) is 0 Å². The first kappa shape index (κ1) is 17.8. The van der Waals surface area contributed by atoms with Crippen molar-refractivity contribution in [3.8, 4) is 5.75 Å². The van der Waals surface area contributed by atoms with Crippen LogP contribution in [0.4, 0.5) is 0 Å². The van der Waals surface area contributed by atoms with Gasteiger partial charge in [-0.1, -0.05) is 12.1 Å². The van der Waals surface area contributed by atoms with E-state index in [9.17, 15) is 4.79 Å². The fourth-order valence-electron chi connectivity index (χ4n) is 2.16. The predicted molar refractivity (Wildman–Crippen MR) is 83.7 cm³/mol. The normalized spacial score (nSPS) is 15.0. The molecule has 1 aromatic rings. The van der Waals surface area contributed by atoms with Crippen LogP contribution in [0.3, 0.4) is 0 Å². The Balaban J connectivity index is 0.00000220. The summed E-state index contributed by atoms with van der Waals surface area (Å²) in [5.41, 5.74) is 6.94.